The standard InChI is InChI=1S/C15H20N2O/c1-12(2)15(18)14-10-16-17(11-14)9-8-13-6-4-3-5-7-13/h3-7,10-12,15,18H,8-9H2,1-2H3/t15-/m0/s1. The van der Waals surface area contributed by atoms with Crippen molar-refractivity contribution in [2.45, 2.75) is 32.9 Å². The van der Waals surface area contributed by atoms with Crippen molar-refractivity contribution in [3.05, 3.63) is 53.9 Å². The molecule has 0 fully saturated rings. The SMILES string of the molecule is CC(C)[C@H](O)c1cnn(CCc2ccccc2)c1. The molecule has 0 aliphatic rings. The third kappa shape index (κ3) is 3.20. The highest BCUT2D eigenvalue weighted by atomic mass is 16.3. The van der Waals surface area contributed by atoms with E-state index in [4.69, 9.17) is 0 Å². The van der Waals surface area contributed by atoms with Gasteiger partial charge in [0.25, 0.3) is 0 Å². The summed E-state index contributed by atoms with van der Waals surface area (Å²) >= 11 is 0. The summed E-state index contributed by atoms with van der Waals surface area (Å²) in [5.74, 6) is 0.219. The molecule has 0 radical (unpaired) electrons. The predicted molar refractivity (Wildman–Crippen MR) is 72.2 cm³/mol. The Labute approximate surface area is 108 Å². The van der Waals surface area contributed by atoms with E-state index in [1.807, 2.05) is 42.9 Å². The molecule has 0 saturated carbocycles. The van der Waals surface area contributed by atoms with E-state index in [2.05, 4.69) is 17.2 Å². The molecular formula is C15H20N2O. The van der Waals surface area contributed by atoms with E-state index in [1.54, 1.807) is 6.20 Å². The molecular weight excluding hydrogens is 224 g/mol. The monoisotopic (exact) mass is 244 g/mol. The third-order valence-electron chi connectivity index (χ3n) is 3.10. The molecule has 2 aromatic rings. The van der Waals surface area contributed by atoms with Gasteiger partial charge < -0.3 is 5.11 Å². The number of hydrogen-bond acceptors (Lipinski definition) is 2. The Kier molecular flexibility index (Phi) is 4.15. The normalized spacial score (nSPS) is 12.9. The largest absolute Gasteiger partial charge is 0.388 e. The van der Waals surface area contributed by atoms with Crippen LogP contribution < -0.4 is 0 Å². The second-order valence-electron chi connectivity index (χ2n) is 4.96. The van der Waals surface area contributed by atoms with Gasteiger partial charge in [-0.05, 0) is 17.9 Å². The third-order valence-corrected chi connectivity index (χ3v) is 3.10. The van der Waals surface area contributed by atoms with Gasteiger partial charge in [0.15, 0.2) is 0 Å². The van der Waals surface area contributed by atoms with Gasteiger partial charge in [0.05, 0.1) is 12.3 Å². The van der Waals surface area contributed by atoms with Crippen molar-refractivity contribution >= 4 is 0 Å². The maximum atomic E-state index is 9.94. The van der Waals surface area contributed by atoms with Crippen molar-refractivity contribution < 1.29 is 5.11 Å². The van der Waals surface area contributed by atoms with Gasteiger partial charge >= 0.3 is 0 Å². The lowest BCUT2D eigenvalue weighted by Gasteiger charge is -2.11. The first kappa shape index (κ1) is 12.8. The van der Waals surface area contributed by atoms with Crippen LogP contribution in [-0.4, -0.2) is 14.9 Å². The fraction of sp³-hybridized carbons (Fsp3) is 0.400. The first-order valence-corrected chi connectivity index (χ1v) is 6.41. The smallest absolute Gasteiger partial charge is 0.0843 e. The number of benzene rings is 1. The summed E-state index contributed by atoms with van der Waals surface area (Å²) in [5.41, 5.74) is 2.21. The Balaban J connectivity index is 1.95. The van der Waals surface area contributed by atoms with Crippen molar-refractivity contribution in [3.8, 4) is 0 Å². The van der Waals surface area contributed by atoms with Crippen LogP contribution in [0.15, 0.2) is 42.7 Å². The van der Waals surface area contributed by atoms with E-state index >= 15 is 0 Å². The van der Waals surface area contributed by atoms with E-state index in [-0.39, 0.29) is 5.92 Å². The molecule has 0 aliphatic carbocycles. The second kappa shape index (κ2) is 5.83. The zero-order valence-corrected chi connectivity index (χ0v) is 11.0. The van der Waals surface area contributed by atoms with Gasteiger partial charge in [-0.2, -0.15) is 5.10 Å². The van der Waals surface area contributed by atoms with E-state index in [1.165, 1.54) is 5.56 Å². The lowest BCUT2D eigenvalue weighted by Crippen LogP contribution is -2.05. The lowest BCUT2D eigenvalue weighted by atomic mass is 10.0. The summed E-state index contributed by atoms with van der Waals surface area (Å²) < 4.78 is 1.90. The summed E-state index contributed by atoms with van der Waals surface area (Å²) in [4.78, 5) is 0. The van der Waals surface area contributed by atoms with Crippen molar-refractivity contribution in [1.29, 1.82) is 0 Å². The summed E-state index contributed by atoms with van der Waals surface area (Å²) in [5, 5.41) is 14.2. The Morgan fingerprint density at radius 2 is 1.94 bits per heavy atom. The van der Waals surface area contributed by atoms with Gasteiger partial charge in [-0.1, -0.05) is 44.2 Å². The van der Waals surface area contributed by atoms with Gasteiger partial charge in [0.1, 0.15) is 0 Å². The molecule has 1 aromatic heterocycles. The van der Waals surface area contributed by atoms with Gasteiger partial charge in [-0.3, -0.25) is 4.68 Å². The zero-order valence-electron chi connectivity index (χ0n) is 11.0. The van der Waals surface area contributed by atoms with Crippen LogP contribution in [0.5, 0.6) is 0 Å². The number of aliphatic hydroxyl groups excluding tert-OH is 1. The second-order valence-corrected chi connectivity index (χ2v) is 4.96. The summed E-state index contributed by atoms with van der Waals surface area (Å²) in [6.45, 7) is 4.85. The molecule has 0 amide bonds. The average Bonchev–Trinajstić information content (AvgIpc) is 2.85. The summed E-state index contributed by atoms with van der Waals surface area (Å²) in [6.07, 6.45) is 4.23. The van der Waals surface area contributed by atoms with Gasteiger partial charge in [-0.25, -0.2) is 0 Å². The Morgan fingerprint density at radius 3 is 2.61 bits per heavy atom. The van der Waals surface area contributed by atoms with Gasteiger partial charge in [-0.15, -0.1) is 0 Å². The average molecular weight is 244 g/mol. The highest BCUT2D eigenvalue weighted by Crippen LogP contribution is 2.20. The van der Waals surface area contributed by atoms with Crippen LogP contribution in [0.1, 0.15) is 31.1 Å². The molecule has 0 unspecified atom stereocenters. The van der Waals surface area contributed by atoms with Crippen LogP contribution in [0.2, 0.25) is 0 Å². The number of aryl methyl sites for hydroxylation is 2. The highest BCUT2D eigenvalue weighted by Gasteiger charge is 2.13. The number of hydrogen-bond donors (Lipinski definition) is 1. The Morgan fingerprint density at radius 1 is 1.22 bits per heavy atom. The molecule has 1 N–H and O–H groups in total. The molecule has 18 heavy (non-hydrogen) atoms. The molecule has 0 aliphatic heterocycles. The molecule has 3 nitrogen and oxygen atoms in total. The molecule has 0 spiro atoms. The van der Waals surface area contributed by atoms with Gasteiger partial charge in [0.2, 0.25) is 0 Å². The van der Waals surface area contributed by atoms with Crippen molar-refractivity contribution in [2.75, 3.05) is 0 Å². The van der Waals surface area contributed by atoms with Crippen LogP contribution in [-0.2, 0) is 13.0 Å². The van der Waals surface area contributed by atoms with E-state index in [0.29, 0.717) is 0 Å². The van der Waals surface area contributed by atoms with Crippen LogP contribution >= 0.6 is 0 Å². The molecule has 1 aromatic carbocycles. The lowest BCUT2D eigenvalue weighted by molar-refractivity contribution is 0.127. The number of nitrogens with zero attached hydrogens (tertiary/aromatic N) is 2. The van der Waals surface area contributed by atoms with Crippen LogP contribution in [0, 0.1) is 5.92 Å². The maximum absolute atomic E-state index is 9.94. The Bertz CT molecular complexity index is 476. The molecule has 1 heterocycles. The van der Waals surface area contributed by atoms with Crippen LogP contribution in [0.3, 0.4) is 0 Å². The first-order valence-electron chi connectivity index (χ1n) is 6.41. The molecule has 1 atom stereocenters. The predicted octanol–water partition coefficient (Wildman–Crippen LogP) is 2.82. The quantitative estimate of drug-likeness (QED) is 0.878. The topological polar surface area (TPSA) is 38.1 Å². The molecule has 0 saturated heterocycles. The zero-order chi connectivity index (χ0) is 13.0. The van der Waals surface area contributed by atoms with Crippen LogP contribution in [0.25, 0.3) is 0 Å². The van der Waals surface area contributed by atoms with E-state index in [9.17, 15) is 5.11 Å². The minimum atomic E-state index is -0.421. The molecule has 0 bridgehead atoms. The number of rotatable bonds is 5. The fourth-order valence-electron chi connectivity index (χ4n) is 1.93. The number of aromatic nitrogens is 2. The Hall–Kier alpha value is -1.61. The molecule has 2 rings (SSSR count). The van der Waals surface area contributed by atoms with Crippen molar-refractivity contribution in [1.82, 2.24) is 9.78 Å². The van der Waals surface area contributed by atoms with Crippen molar-refractivity contribution in [3.63, 3.8) is 0 Å². The highest BCUT2D eigenvalue weighted by molar-refractivity contribution is 5.15. The summed E-state index contributed by atoms with van der Waals surface area (Å²) in [6, 6.07) is 10.4. The van der Waals surface area contributed by atoms with E-state index in [0.717, 1.165) is 18.5 Å². The minimum absolute atomic E-state index is 0.219. The van der Waals surface area contributed by atoms with E-state index < -0.39 is 6.10 Å². The fourth-order valence-corrected chi connectivity index (χ4v) is 1.93. The van der Waals surface area contributed by atoms with Crippen molar-refractivity contribution in [2.24, 2.45) is 5.92 Å². The molecule has 96 valence electrons. The first-order chi connectivity index (χ1) is 8.66. The minimum Gasteiger partial charge on any atom is -0.388 e. The summed E-state index contributed by atoms with van der Waals surface area (Å²) in [7, 11) is 0. The molecule has 3 heteroatoms. The number of aliphatic hydroxyl groups is 1. The van der Waals surface area contributed by atoms with Gasteiger partial charge in [0, 0.05) is 18.3 Å². The maximum Gasteiger partial charge on any atom is 0.0843 e. The van der Waals surface area contributed by atoms with Crippen LogP contribution in [0.4, 0.5) is 0 Å².